The van der Waals surface area contributed by atoms with E-state index < -0.39 is 29.3 Å². The van der Waals surface area contributed by atoms with Gasteiger partial charge in [0.15, 0.2) is 0 Å². The van der Waals surface area contributed by atoms with Gasteiger partial charge in [0.05, 0.1) is 5.69 Å². The fourth-order valence-electron chi connectivity index (χ4n) is 4.48. The van der Waals surface area contributed by atoms with Crippen molar-refractivity contribution in [3.63, 3.8) is 0 Å². The number of nitrogens with zero attached hydrogens (tertiary/aromatic N) is 1. The Labute approximate surface area is 201 Å². The summed E-state index contributed by atoms with van der Waals surface area (Å²) in [6, 6.07) is 9.07. The summed E-state index contributed by atoms with van der Waals surface area (Å²) in [7, 11) is 0. The molecule has 0 bridgehead atoms. The Hall–Kier alpha value is -3.76. The lowest BCUT2D eigenvalue weighted by Crippen LogP contribution is -2.51. The zero-order valence-electron chi connectivity index (χ0n) is 18.9. The fraction of sp³-hybridized carbons (Fsp3) is 0.280. The first-order valence-electron chi connectivity index (χ1n) is 11.5. The molecule has 1 unspecified atom stereocenters. The zero-order chi connectivity index (χ0) is 24.5. The molecule has 3 heterocycles. The summed E-state index contributed by atoms with van der Waals surface area (Å²) in [5.41, 5.74) is 8.04. The minimum Gasteiger partial charge on any atom is -0.361 e. The van der Waals surface area contributed by atoms with Crippen LogP contribution in [-0.4, -0.2) is 37.2 Å². The molecule has 1 atom stereocenters. The van der Waals surface area contributed by atoms with Crippen LogP contribution in [0.2, 0.25) is 0 Å². The number of rotatable bonds is 5. The Morgan fingerprint density at radius 3 is 2.43 bits per heavy atom. The number of nitrogens with one attached hydrogen (secondary N) is 4. The van der Waals surface area contributed by atoms with E-state index in [1.807, 2.05) is 12.1 Å². The topological polar surface area (TPSA) is 112 Å². The van der Waals surface area contributed by atoms with Crippen molar-refractivity contribution in [2.75, 3.05) is 18.0 Å². The summed E-state index contributed by atoms with van der Waals surface area (Å²) in [6.45, 7) is 1.90. The van der Waals surface area contributed by atoms with Crippen molar-refractivity contribution in [3.8, 4) is 0 Å². The molecule has 2 aromatic rings. The number of fused-ring (bicyclic) bond motifs is 1. The lowest BCUT2D eigenvalue weighted by Gasteiger charge is -2.29. The first-order valence-corrected chi connectivity index (χ1v) is 11.5. The van der Waals surface area contributed by atoms with Gasteiger partial charge in [0.25, 0.3) is 5.91 Å². The third-order valence-corrected chi connectivity index (χ3v) is 6.41. The van der Waals surface area contributed by atoms with Crippen molar-refractivity contribution < 1.29 is 18.4 Å². The Morgan fingerprint density at radius 2 is 1.77 bits per heavy atom. The maximum absolute atomic E-state index is 14.9. The summed E-state index contributed by atoms with van der Waals surface area (Å²) in [5, 5.41) is 11.8. The molecule has 10 heteroatoms. The minimum absolute atomic E-state index is 0.116. The molecular weight excluding hydrogens is 454 g/mol. The minimum atomic E-state index is -0.941. The van der Waals surface area contributed by atoms with Crippen LogP contribution in [-0.2, 0) is 6.54 Å². The van der Waals surface area contributed by atoms with E-state index in [1.165, 1.54) is 4.90 Å². The quantitative estimate of drug-likeness (QED) is 0.451. The van der Waals surface area contributed by atoms with Gasteiger partial charge >= 0.3 is 6.03 Å². The van der Waals surface area contributed by atoms with Crippen LogP contribution in [0.3, 0.4) is 0 Å². The van der Waals surface area contributed by atoms with Crippen LogP contribution in [0, 0.1) is 11.6 Å². The number of urea groups is 1. The van der Waals surface area contributed by atoms with Gasteiger partial charge < -0.3 is 27.0 Å². The molecule has 3 aliphatic rings. The van der Waals surface area contributed by atoms with Gasteiger partial charge in [-0.05, 0) is 61.8 Å². The number of benzene rings is 2. The molecule has 1 fully saturated rings. The van der Waals surface area contributed by atoms with Gasteiger partial charge in [-0.2, -0.15) is 0 Å². The summed E-state index contributed by atoms with van der Waals surface area (Å²) < 4.78 is 29.8. The lowest BCUT2D eigenvalue weighted by atomic mass is 10.0. The van der Waals surface area contributed by atoms with Crippen LogP contribution in [0.25, 0.3) is 5.70 Å². The Morgan fingerprint density at radius 1 is 1.09 bits per heavy atom. The van der Waals surface area contributed by atoms with Crippen molar-refractivity contribution >= 4 is 23.3 Å². The maximum Gasteiger partial charge on any atom is 0.327 e. The number of amides is 3. The summed E-state index contributed by atoms with van der Waals surface area (Å²) in [6.07, 6.45) is 4.27. The highest BCUT2D eigenvalue weighted by Gasteiger charge is 2.32. The Bertz CT molecular complexity index is 1200. The van der Waals surface area contributed by atoms with E-state index in [9.17, 15) is 18.4 Å². The van der Waals surface area contributed by atoms with Gasteiger partial charge in [0.1, 0.15) is 23.4 Å². The average molecular weight is 481 g/mol. The van der Waals surface area contributed by atoms with E-state index in [0.717, 1.165) is 36.4 Å². The molecule has 0 spiro atoms. The molecule has 35 heavy (non-hydrogen) atoms. The number of nitrogens with two attached hydrogens (primary N) is 1. The van der Waals surface area contributed by atoms with Crippen LogP contribution < -0.4 is 31.9 Å². The van der Waals surface area contributed by atoms with Gasteiger partial charge in [0, 0.05) is 35.6 Å². The average Bonchev–Trinajstić information content (AvgIpc) is 3.26. The van der Waals surface area contributed by atoms with Crippen LogP contribution in [0.1, 0.15) is 34.3 Å². The molecule has 0 aromatic heterocycles. The molecule has 5 rings (SSSR count). The van der Waals surface area contributed by atoms with E-state index in [2.05, 4.69) is 21.3 Å². The molecule has 2 aromatic carbocycles. The largest absolute Gasteiger partial charge is 0.361 e. The van der Waals surface area contributed by atoms with Crippen LogP contribution in [0.4, 0.5) is 19.3 Å². The van der Waals surface area contributed by atoms with E-state index >= 15 is 0 Å². The number of piperidine rings is 1. The van der Waals surface area contributed by atoms with Gasteiger partial charge in [-0.1, -0.05) is 12.1 Å². The van der Waals surface area contributed by atoms with Crippen LogP contribution in [0.15, 0.2) is 54.2 Å². The third-order valence-electron chi connectivity index (χ3n) is 6.41. The zero-order valence-corrected chi connectivity index (χ0v) is 18.9. The van der Waals surface area contributed by atoms with Crippen LogP contribution >= 0.6 is 0 Å². The van der Waals surface area contributed by atoms with E-state index in [-0.39, 0.29) is 17.6 Å². The number of hydrogen-bond donors (Lipinski definition) is 5. The molecule has 6 N–H and O–H groups in total. The fourth-order valence-corrected chi connectivity index (χ4v) is 4.48. The Balaban J connectivity index is 1.37. The predicted molar refractivity (Wildman–Crippen MR) is 128 cm³/mol. The van der Waals surface area contributed by atoms with Crippen molar-refractivity contribution in [2.24, 2.45) is 5.73 Å². The highest BCUT2D eigenvalue weighted by atomic mass is 19.1. The van der Waals surface area contributed by atoms with Crippen molar-refractivity contribution in [1.82, 2.24) is 21.3 Å². The molecule has 3 amide bonds. The third kappa shape index (κ3) is 4.62. The summed E-state index contributed by atoms with van der Waals surface area (Å²) in [4.78, 5) is 26.6. The standard InChI is InChI=1S/C25H26F2N6O2/c26-19-9-15(10-20(27)22(19)24(34)30-17-5-7-29-8-6-17)21-11-16-13-33(25(35)32-23(16)31-21)18-3-1-14(12-28)2-4-18/h1-4,9-11,13,17,23,29,31H,5-8,12,28H2,(H,30,34)(H,32,35). The molecule has 0 radical (unpaired) electrons. The van der Waals surface area contributed by atoms with Gasteiger partial charge in [-0.3, -0.25) is 9.69 Å². The number of halogens is 2. The highest BCUT2D eigenvalue weighted by molar-refractivity contribution is 5.97. The number of anilines is 1. The molecule has 1 saturated heterocycles. The second-order valence-electron chi connectivity index (χ2n) is 8.77. The van der Waals surface area contributed by atoms with Crippen LogP contribution in [0.5, 0.6) is 0 Å². The van der Waals surface area contributed by atoms with Gasteiger partial charge in [-0.25, -0.2) is 13.6 Å². The predicted octanol–water partition coefficient (Wildman–Crippen LogP) is 2.29. The van der Waals surface area contributed by atoms with Crippen molar-refractivity contribution in [3.05, 3.63) is 82.6 Å². The molecule has 182 valence electrons. The molecule has 8 nitrogen and oxygen atoms in total. The Kier molecular flexibility index (Phi) is 6.23. The normalized spacial score (nSPS) is 19.9. The summed E-state index contributed by atoms with van der Waals surface area (Å²) >= 11 is 0. The number of carbonyl (C=O) groups excluding carboxylic acids is 2. The first-order chi connectivity index (χ1) is 16.9. The SMILES string of the molecule is NCc1ccc(N2C=C3C=C(c4cc(F)c(C(=O)NC5CCNCC5)c(F)c4)NC3NC2=O)cc1. The maximum atomic E-state index is 14.9. The van der Waals surface area contributed by atoms with Crippen molar-refractivity contribution in [1.29, 1.82) is 0 Å². The number of carbonyl (C=O) groups is 2. The van der Waals surface area contributed by atoms with Crippen molar-refractivity contribution in [2.45, 2.75) is 31.6 Å². The lowest BCUT2D eigenvalue weighted by molar-refractivity contribution is 0.0921. The first kappa shape index (κ1) is 23.0. The van der Waals surface area contributed by atoms with E-state index in [1.54, 1.807) is 24.4 Å². The summed E-state index contributed by atoms with van der Waals surface area (Å²) in [5.74, 6) is -2.64. The highest BCUT2D eigenvalue weighted by Crippen LogP contribution is 2.29. The smallest absolute Gasteiger partial charge is 0.327 e. The second kappa shape index (κ2) is 9.47. The monoisotopic (exact) mass is 480 g/mol. The second-order valence-corrected chi connectivity index (χ2v) is 8.77. The van der Waals surface area contributed by atoms with E-state index in [4.69, 9.17) is 5.73 Å². The molecular formula is C25H26F2N6O2. The van der Waals surface area contributed by atoms with Gasteiger partial charge in [0.2, 0.25) is 0 Å². The number of hydrogen-bond acceptors (Lipinski definition) is 5. The molecule has 3 aliphatic heterocycles. The molecule has 0 saturated carbocycles. The van der Waals surface area contributed by atoms with E-state index in [0.29, 0.717) is 30.8 Å². The molecule has 0 aliphatic carbocycles. The van der Waals surface area contributed by atoms with Gasteiger partial charge in [-0.15, -0.1) is 0 Å².